The fraction of sp³-hybridized carbons (Fsp3) is 0.429. The van der Waals surface area contributed by atoms with Crippen LogP contribution in [0.3, 0.4) is 0 Å². The molecule has 0 heterocycles. The van der Waals surface area contributed by atoms with Crippen LogP contribution in [0.25, 0.3) is 0 Å². The summed E-state index contributed by atoms with van der Waals surface area (Å²) in [7, 11) is 1.27. The fourth-order valence-electron chi connectivity index (χ4n) is 1.65. The van der Waals surface area contributed by atoms with Gasteiger partial charge < -0.3 is 9.64 Å². The zero-order chi connectivity index (χ0) is 14.4. The van der Waals surface area contributed by atoms with Crippen molar-refractivity contribution in [2.75, 3.05) is 20.2 Å². The lowest BCUT2D eigenvalue weighted by atomic mass is 10.1. The van der Waals surface area contributed by atoms with E-state index in [0.29, 0.717) is 18.5 Å². The Hall–Kier alpha value is -1.91. The van der Waals surface area contributed by atoms with Crippen LogP contribution in [0.15, 0.2) is 18.2 Å². The van der Waals surface area contributed by atoms with Crippen LogP contribution >= 0.6 is 0 Å². The highest BCUT2D eigenvalue weighted by Crippen LogP contribution is 2.12. The Kier molecular flexibility index (Phi) is 5.48. The number of rotatable bonds is 5. The second kappa shape index (κ2) is 6.87. The van der Waals surface area contributed by atoms with Gasteiger partial charge in [0.1, 0.15) is 12.4 Å². The standard InChI is InChI=1S/C14H18FNO3/c1-4-7-16(9-13(17)19-3)14(18)11-6-5-10(2)12(15)8-11/h5-6,8H,4,7,9H2,1-3H3. The number of aryl methyl sites for hydroxylation is 1. The van der Waals surface area contributed by atoms with Gasteiger partial charge in [-0.1, -0.05) is 13.0 Å². The average molecular weight is 267 g/mol. The summed E-state index contributed by atoms with van der Waals surface area (Å²) in [6, 6.07) is 4.29. The molecular formula is C14H18FNO3. The maximum absolute atomic E-state index is 13.5. The Morgan fingerprint density at radius 2 is 2.05 bits per heavy atom. The van der Waals surface area contributed by atoms with E-state index in [0.717, 1.165) is 0 Å². The molecule has 0 atom stereocenters. The predicted octanol–water partition coefficient (Wildman–Crippen LogP) is 2.16. The van der Waals surface area contributed by atoms with Crippen LogP contribution in [0.5, 0.6) is 0 Å². The van der Waals surface area contributed by atoms with E-state index in [1.165, 1.54) is 18.1 Å². The molecule has 104 valence electrons. The lowest BCUT2D eigenvalue weighted by Gasteiger charge is -2.20. The van der Waals surface area contributed by atoms with E-state index in [2.05, 4.69) is 4.74 Å². The minimum absolute atomic E-state index is 0.126. The monoisotopic (exact) mass is 267 g/mol. The number of carbonyl (C=O) groups is 2. The number of hydrogen-bond acceptors (Lipinski definition) is 3. The largest absolute Gasteiger partial charge is 0.468 e. The minimum Gasteiger partial charge on any atom is -0.468 e. The number of benzene rings is 1. The third-order valence-electron chi connectivity index (χ3n) is 2.75. The number of amides is 1. The molecule has 0 spiro atoms. The minimum atomic E-state index is -0.491. The third kappa shape index (κ3) is 4.05. The van der Waals surface area contributed by atoms with Crippen LogP contribution in [0.4, 0.5) is 4.39 Å². The second-order valence-electron chi connectivity index (χ2n) is 4.27. The molecule has 0 aliphatic carbocycles. The zero-order valence-electron chi connectivity index (χ0n) is 11.4. The number of nitrogens with zero attached hydrogens (tertiary/aromatic N) is 1. The molecule has 0 radical (unpaired) electrons. The van der Waals surface area contributed by atoms with E-state index in [-0.39, 0.29) is 18.0 Å². The highest BCUT2D eigenvalue weighted by molar-refractivity contribution is 5.96. The Morgan fingerprint density at radius 1 is 1.37 bits per heavy atom. The number of esters is 1. The van der Waals surface area contributed by atoms with Crippen molar-refractivity contribution in [1.82, 2.24) is 4.90 Å². The van der Waals surface area contributed by atoms with Crippen LogP contribution in [0.2, 0.25) is 0 Å². The molecule has 0 saturated carbocycles. The first kappa shape index (κ1) is 15.1. The molecule has 0 unspecified atom stereocenters. The fourth-order valence-corrected chi connectivity index (χ4v) is 1.65. The first-order valence-electron chi connectivity index (χ1n) is 6.11. The maximum Gasteiger partial charge on any atom is 0.325 e. The van der Waals surface area contributed by atoms with Crippen LogP contribution in [-0.4, -0.2) is 37.0 Å². The van der Waals surface area contributed by atoms with E-state index >= 15 is 0 Å². The third-order valence-corrected chi connectivity index (χ3v) is 2.75. The van der Waals surface area contributed by atoms with Crippen molar-refractivity contribution >= 4 is 11.9 Å². The first-order chi connectivity index (χ1) is 8.99. The Bertz CT molecular complexity index is 474. The van der Waals surface area contributed by atoms with E-state index in [1.54, 1.807) is 19.1 Å². The first-order valence-corrected chi connectivity index (χ1v) is 6.11. The molecule has 0 bridgehead atoms. The topological polar surface area (TPSA) is 46.6 Å². The number of methoxy groups -OCH3 is 1. The van der Waals surface area contributed by atoms with Crippen molar-refractivity contribution in [2.45, 2.75) is 20.3 Å². The van der Waals surface area contributed by atoms with Crippen LogP contribution < -0.4 is 0 Å². The summed E-state index contributed by atoms with van der Waals surface area (Å²) in [5.41, 5.74) is 0.715. The van der Waals surface area contributed by atoms with Crippen LogP contribution in [0.1, 0.15) is 29.3 Å². The summed E-state index contributed by atoms with van der Waals surface area (Å²) in [6.45, 7) is 3.82. The summed E-state index contributed by atoms with van der Waals surface area (Å²) in [5.74, 6) is -1.29. The molecule has 19 heavy (non-hydrogen) atoms. The maximum atomic E-state index is 13.5. The SMILES string of the molecule is CCCN(CC(=O)OC)C(=O)c1ccc(C)c(F)c1. The van der Waals surface area contributed by atoms with Gasteiger partial charge in [0.2, 0.25) is 0 Å². The smallest absolute Gasteiger partial charge is 0.325 e. The van der Waals surface area contributed by atoms with Crippen LogP contribution in [-0.2, 0) is 9.53 Å². The van der Waals surface area contributed by atoms with Crippen molar-refractivity contribution in [1.29, 1.82) is 0 Å². The van der Waals surface area contributed by atoms with Gasteiger partial charge >= 0.3 is 5.97 Å². The molecule has 0 aromatic heterocycles. The van der Waals surface area contributed by atoms with Crippen molar-refractivity contribution in [3.05, 3.63) is 35.1 Å². The van der Waals surface area contributed by atoms with E-state index in [9.17, 15) is 14.0 Å². The summed E-state index contributed by atoms with van der Waals surface area (Å²) >= 11 is 0. The van der Waals surface area contributed by atoms with Crippen molar-refractivity contribution in [2.24, 2.45) is 0 Å². The molecule has 0 N–H and O–H groups in total. The number of hydrogen-bond donors (Lipinski definition) is 0. The highest BCUT2D eigenvalue weighted by Gasteiger charge is 2.19. The van der Waals surface area contributed by atoms with Gasteiger partial charge in [-0.25, -0.2) is 4.39 Å². The molecule has 1 aromatic carbocycles. The van der Waals surface area contributed by atoms with Gasteiger partial charge in [0.15, 0.2) is 0 Å². The molecular weight excluding hydrogens is 249 g/mol. The predicted molar refractivity (Wildman–Crippen MR) is 69.3 cm³/mol. The van der Waals surface area contributed by atoms with E-state index in [1.807, 2.05) is 6.92 Å². The molecule has 1 amide bonds. The Morgan fingerprint density at radius 3 is 2.58 bits per heavy atom. The number of halogens is 1. The van der Waals surface area contributed by atoms with Gasteiger partial charge in [-0.2, -0.15) is 0 Å². The average Bonchev–Trinajstić information content (AvgIpc) is 2.40. The number of ether oxygens (including phenoxy) is 1. The zero-order valence-corrected chi connectivity index (χ0v) is 11.4. The normalized spacial score (nSPS) is 10.1. The molecule has 1 rings (SSSR count). The van der Waals surface area contributed by atoms with E-state index in [4.69, 9.17) is 0 Å². The Labute approximate surface area is 112 Å². The molecule has 0 fully saturated rings. The van der Waals surface area contributed by atoms with Gasteiger partial charge in [-0.05, 0) is 31.0 Å². The second-order valence-corrected chi connectivity index (χ2v) is 4.27. The van der Waals surface area contributed by atoms with Crippen molar-refractivity contribution in [3.8, 4) is 0 Å². The molecule has 4 nitrogen and oxygen atoms in total. The van der Waals surface area contributed by atoms with E-state index < -0.39 is 11.8 Å². The summed E-state index contributed by atoms with van der Waals surface area (Å²) in [6.07, 6.45) is 0.705. The van der Waals surface area contributed by atoms with Crippen LogP contribution in [0, 0.1) is 12.7 Å². The van der Waals surface area contributed by atoms with Gasteiger partial charge in [0.05, 0.1) is 7.11 Å². The molecule has 0 aliphatic heterocycles. The van der Waals surface area contributed by atoms with Gasteiger partial charge in [0, 0.05) is 12.1 Å². The summed E-state index contributed by atoms with van der Waals surface area (Å²) in [4.78, 5) is 24.8. The lowest BCUT2D eigenvalue weighted by Crippen LogP contribution is -2.36. The Balaban J connectivity index is 2.91. The van der Waals surface area contributed by atoms with Crippen molar-refractivity contribution in [3.63, 3.8) is 0 Å². The van der Waals surface area contributed by atoms with Gasteiger partial charge in [0.25, 0.3) is 5.91 Å². The molecule has 5 heteroatoms. The lowest BCUT2D eigenvalue weighted by molar-refractivity contribution is -0.141. The summed E-state index contributed by atoms with van der Waals surface area (Å²) in [5, 5.41) is 0. The molecule has 1 aromatic rings. The number of carbonyl (C=O) groups excluding carboxylic acids is 2. The summed E-state index contributed by atoms with van der Waals surface area (Å²) < 4.78 is 18.0. The van der Waals surface area contributed by atoms with Gasteiger partial charge in [-0.3, -0.25) is 9.59 Å². The quantitative estimate of drug-likeness (QED) is 0.768. The molecule has 0 aliphatic rings. The highest BCUT2D eigenvalue weighted by atomic mass is 19.1. The van der Waals surface area contributed by atoms with Crippen molar-refractivity contribution < 1.29 is 18.7 Å². The molecule has 0 saturated heterocycles. The van der Waals surface area contributed by atoms with Gasteiger partial charge in [-0.15, -0.1) is 0 Å².